The van der Waals surface area contributed by atoms with Crippen molar-refractivity contribution in [2.75, 3.05) is 26.2 Å². The fraction of sp³-hybridized carbons (Fsp3) is 0.375. The molecule has 31 heavy (non-hydrogen) atoms. The van der Waals surface area contributed by atoms with E-state index >= 15 is 0 Å². The predicted octanol–water partition coefficient (Wildman–Crippen LogP) is 2.89. The van der Waals surface area contributed by atoms with E-state index < -0.39 is 11.4 Å². The van der Waals surface area contributed by atoms with Gasteiger partial charge in [0.05, 0.1) is 0 Å². The van der Waals surface area contributed by atoms with Gasteiger partial charge in [-0.25, -0.2) is 4.39 Å². The highest BCUT2D eigenvalue weighted by molar-refractivity contribution is 5.97. The molecule has 1 saturated carbocycles. The second kappa shape index (κ2) is 8.23. The van der Waals surface area contributed by atoms with Crippen molar-refractivity contribution < 1.29 is 23.9 Å². The lowest BCUT2D eigenvalue weighted by atomic mass is 9.98. The van der Waals surface area contributed by atoms with Crippen molar-refractivity contribution in [1.29, 1.82) is 0 Å². The topological polar surface area (TPSA) is 77.9 Å². The van der Waals surface area contributed by atoms with Crippen LogP contribution in [-0.2, 0) is 4.79 Å². The summed E-state index contributed by atoms with van der Waals surface area (Å²) in [6.07, 6.45) is 1.36. The highest BCUT2D eigenvalue weighted by Gasteiger charge is 2.50. The Bertz CT molecular complexity index is 1020. The summed E-state index contributed by atoms with van der Waals surface area (Å²) in [4.78, 5) is 40.3. The first kappa shape index (κ1) is 21.2. The molecule has 2 aromatic rings. The van der Waals surface area contributed by atoms with Gasteiger partial charge < -0.3 is 14.9 Å². The van der Waals surface area contributed by atoms with Gasteiger partial charge >= 0.3 is 0 Å². The molecular weight excluding hydrogens is 399 g/mol. The molecule has 0 aromatic heterocycles. The minimum atomic E-state index is -1.18. The summed E-state index contributed by atoms with van der Waals surface area (Å²) in [7, 11) is 0. The lowest BCUT2D eigenvalue weighted by Gasteiger charge is -2.35. The first-order chi connectivity index (χ1) is 14.8. The second-order valence-corrected chi connectivity index (χ2v) is 8.16. The van der Waals surface area contributed by atoms with Crippen molar-refractivity contribution in [3.05, 3.63) is 59.4 Å². The molecule has 1 aliphatic carbocycles. The fourth-order valence-corrected chi connectivity index (χ4v) is 3.84. The van der Waals surface area contributed by atoms with Crippen LogP contribution in [0.25, 0.3) is 11.1 Å². The van der Waals surface area contributed by atoms with Crippen LogP contribution in [0.2, 0.25) is 0 Å². The summed E-state index contributed by atoms with van der Waals surface area (Å²) in [6, 6.07) is 11.0. The van der Waals surface area contributed by atoms with Crippen LogP contribution in [0.1, 0.15) is 46.9 Å². The zero-order valence-corrected chi connectivity index (χ0v) is 17.4. The molecule has 2 fully saturated rings. The summed E-state index contributed by atoms with van der Waals surface area (Å²) in [5.74, 6) is -0.877. The molecule has 162 valence electrons. The number of piperazine rings is 1. The van der Waals surface area contributed by atoms with Gasteiger partial charge in [0.25, 0.3) is 11.8 Å². The van der Waals surface area contributed by atoms with Crippen LogP contribution in [0.3, 0.4) is 0 Å². The molecule has 6 nitrogen and oxygen atoms in total. The molecule has 4 rings (SSSR count). The Morgan fingerprint density at radius 1 is 0.935 bits per heavy atom. The van der Waals surface area contributed by atoms with E-state index in [0.717, 1.165) is 0 Å². The van der Waals surface area contributed by atoms with Gasteiger partial charge in [-0.15, -0.1) is 0 Å². The Hall–Kier alpha value is -3.06. The number of hydrogen-bond acceptors (Lipinski definition) is 4. The van der Waals surface area contributed by atoms with Crippen molar-refractivity contribution >= 4 is 17.6 Å². The highest BCUT2D eigenvalue weighted by atomic mass is 19.1. The number of hydrogen-bond donors (Lipinski definition) is 1. The molecule has 0 spiro atoms. The predicted molar refractivity (Wildman–Crippen MR) is 113 cm³/mol. The van der Waals surface area contributed by atoms with Gasteiger partial charge in [-0.3, -0.25) is 14.4 Å². The van der Waals surface area contributed by atoms with Crippen molar-refractivity contribution in [2.45, 2.75) is 31.8 Å². The normalized spacial score (nSPS) is 17.4. The maximum absolute atomic E-state index is 14.3. The molecule has 0 radical (unpaired) electrons. The Morgan fingerprint density at radius 3 is 2.10 bits per heavy atom. The van der Waals surface area contributed by atoms with Crippen LogP contribution in [0.15, 0.2) is 42.5 Å². The maximum atomic E-state index is 14.3. The number of carbonyl (C=O) groups excluding carboxylic acids is 3. The van der Waals surface area contributed by atoms with Crippen LogP contribution in [0, 0.1) is 5.82 Å². The van der Waals surface area contributed by atoms with Gasteiger partial charge in [-0.05, 0) is 48.7 Å². The van der Waals surface area contributed by atoms with Gasteiger partial charge in [-0.2, -0.15) is 0 Å². The Morgan fingerprint density at radius 2 is 1.52 bits per heavy atom. The number of ketones is 1. The van der Waals surface area contributed by atoms with E-state index in [9.17, 15) is 23.9 Å². The number of carbonyl (C=O) groups is 3. The number of aliphatic hydroxyl groups is 1. The first-order valence-electron chi connectivity index (χ1n) is 10.6. The van der Waals surface area contributed by atoms with Crippen LogP contribution < -0.4 is 0 Å². The average molecular weight is 424 g/mol. The summed E-state index contributed by atoms with van der Waals surface area (Å²) in [5, 5.41) is 9.99. The largest absolute Gasteiger partial charge is 0.380 e. The molecule has 0 bridgehead atoms. The fourth-order valence-electron chi connectivity index (χ4n) is 3.84. The minimum absolute atomic E-state index is 0.0560. The van der Waals surface area contributed by atoms with Gasteiger partial charge in [0.2, 0.25) is 0 Å². The maximum Gasteiger partial charge on any atom is 0.254 e. The molecule has 1 N–H and O–H groups in total. The monoisotopic (exact) mass is 424 g/mol. The number of rotatable bonds is 5. The van der Waals surface area contributed by atoms with E-state index in [1.54, 1.807) is 47.1 Å². The molecule has 0 unspecified atom stereocenters. The van der Waals surface area contributed by atoms with E-state index in [1.807, 2.05) is 0 Å². The lowest BCUT2D eigenvalue weighted by Crippen LogP contribution is -2.53. The van der Waals surface area contributed by atoms with Crippen molar-refractivity contribution in [3.8, 4) is 11.1 Å². The third-order valence-corrected chi connectivity index (χ3v) is 6.03. The van der Waals surface area contributed by atoms with Crippen molar-refractivity contribution in [2.24, 2.45) is 0 Å². The SMILES string of the molecule is CCC(=O)c1ccc(F)c(-c2ccc(C(=O)N3CCN(C(=O)C4(O)CC4)CC3)cc2)c1. The summed E-state index contributed by atoms with van der Waals surface area (Å²) < 4.78 is 14.3. The van der Waals surface area contributed by atoms with Crippen LogP contribution >= 0.6 is 0 Å². The first-order valence-corrected chi connectivity index (χ1v) is 10.6. The zero-order valence-electron chi connectivity index (χ0n) is 17.4. The van der Waals surface area contributed by atoms with Crippen molar-refractivity contribution in [3.63, 3.8) is 0 Å². The molecular formula is C24H25FN2O4. The van der Waals surface area contributed by atoms with Gasteiger partial charge in [-0.1, -0.05) is 19.1 Å². The number of halogens is 1. The second-order valence-electron chi connectivity index (χ2n) is 8.16. The molecule has 2 aromatic carbocycles. The standard InChI is InChI=1S/C24H25FN2O4/c1-2-21(28)18-7-8-20(25)19(15-18)16-3-5-17(6-4-16)22(29)26-11-13-27(14-12-26)23(30)24(31)9-10-24/h3-8,15,31H,2,9-14H2,1H3. The molecule has 1 heterocycles. The highest BCUT2D eigenvalue weighted by Crippen LogP contribution is 2.37. The Balaban J connectivity index is 1.43. The van der Waals surface area contributed by atoms with Crippen LogP contribution in [0.4, 0.5) is 4.39 Å². The molecule has 1 aliphatic heterocycles. The van der Waals surface area contributed by atoms with Gasteiger partial charge in [0, 0.05) is 49.3 Å². The number of Topliss-reactive ketones (excluding diaryl/α,β-unsaturated/α-hetero) is 1. The average Bonchev–Trinajstić information content (AvgIpc) is 3.56. The number of amides is 2. The van der Waals surface area contributed by atoms with Gasteiger partial charge in [0.15, 0.2) is 5.78 Å². The van der Waals surface area contributed by atoms with E-state index in [4.69, 9.17) is 0 Å². The third-order valence-electron chi connectivity index (χ3n) is 6.03. The molecule has 2 aliphatic rings. The summed E-state index contributed by atoms with van der Waals surface area (Å²) in [6.45, 7) is 3.36. The van der Waals surface area contributed by atoms with E-state index in [1.165, 1.54) is 12.1 Å². The van der Waals surface area contributed by atoms with E-state index in [0.29, 0.717) is 67.7 Å². The third kappa shape index (κ3) is 4.23. The lowest BCUT2D eigenvalue weighted by molar-refractivity contribution is -0.143. The Labute approximate surface area is 180 Å². The van der Waals surface area contributed by atoms with E-state index in [-0.39, 0.29) is 17.6 Å². The zero-order chi connectivity index (χ0) is 22.2. The number of benzene rings is 2. The minimum Gasteiger partial charge on any atom is -0.380 e. The smallest absolute Gasteiger partial charge is 0.254 e. The van der Waals surface area contributed by atoms with E-state index in [2.05, 4.69) is 0 Å². The van der Waals surface area contributed by atoms with Crippen LogP contribution in [0.5, 0.6) is 0 Å². The van der Waals surface area contributed by atoms with Crippen molar-refractivity contribution in [1.82, 2.24) is 9.80 Å². The molecule has 2 amide bonds. The Kier molecular flexibility index (Phi) is 5.62. The summed E-state index contributed by atoms with van der Waals surface area (Å²) >= 11 is 0. The molecule has 7 heteroatoms. The summed E-state index contributed by atoms with van der Waals surface area (Å²) in [5.41, 5.74) is 0.667. The number of nitrogens with zero attached hydrogens (tertiary/aromatic N) is 2. The quantitative estimate of drug-likeness (QED) is 0.749. The molecule has 0 atom stereocenters. The van der Waals surface area contributed by atoms with Crippen LogP contribution in [-0.4, -0.2) is 64.3 Å². The van der Waals surface area contributed by atoms with Gasteiger partial charge in [0.1, 0.15) is 11.4 Å². The molecule has 1 saturated heterocycles.